The zero-order valence-electron chi connectivity index (χ0n) is 10.3. The standard InChI is InChI=1S/C13H12BrF2NO2/c1-17-12(8-3-4-19-13(8)14)11-9(15)5-7(18-2)6-10(11)16/h3-6,12,17H,1-2H3. The molecule has 0 aliphatic heterocycles. The molecule has 19 heavy (non-hydrogen) atoms. The van der Waals surface area contributed by atoms with E-state index < -0.39 is 17.7 Å². The second kappa shape index (κ2) is 5.71. The van der Waals surface area contributed by atoms with Gasteiger partial charge in [0, 0.05) is 23.3 Å². The molecule has 6 heteroatoms. The van der Waals surface area contributed by atoms with Gasteiger partial charge in [-0.1, -0.05) is 0 Å². The van der Waals surface area contributed by atoms with Crippen LogP contribution in [0.15, 0.2) is 33.5 Å². The van der Waals surface area contributed by atoms with Gasteiger partial charge < -0.3 is 14.5 Å². The molecule has 2 rings (SSSR count). The monoisotopic (exact) mass is 331 g/mol. The van der Waals surface area contributed by atoms with E-state index in [-0.39, 0.29) is 11.3 Å². The van der Waals surface area contributed by atoms with Crippen molar-refractivity contribution in [2.45, 2.75) is 6.04 Å². The summed E-state index contributed by atoms with van der Waals surface area (Å²) < 4.78 is 38.5. The van der Waals surface area contributed by atoms with Gasteiger partial charge in [0.15, 0.2) is 4.67 Å². The molecule has 0 aliphatic rings. The number of hydrogen-bond acceptors (Lipinski definition) is 3. The van der Waals surface area contributed by atoms with Crippen LogP contribution in [0.4, 0.5) is 8.78 Å². The van der Waals surface area contributed by atoms with E-state index in [1.165, 1.54) is 13.4 Å². The van der Waals surface area contributed by atoms with Crippen LogP contribution in [0.5, 0.6) is 5.75 Å². The summed E-state index contributed by atoms with van der Waals surface area (Å²) in [6, 6.07) is 3.29. The predicted molar refractivity (Wildman–Crippen MR) is 70.2 cm³/mol. The van der Waals surface area contributed by atoms with Crippen molar-refractivity contribution < 1.29 is 17.9 Å². The molecule has 0 spiro atoms. The van der Waals surface area contributed by atoms with Crippen LogP contribution in [0.1, 0.15) is 17.2 Å². The van der Waals surface area contributed by atoms with E-state index in [1.54, 1.807) is 13.1 Å². The molecular formula is C13H12BrF2NO2. The number of ether oxygens (including phenoxy) is 1. The first-order valence-electron chi connectivity index (χ1n) is 5.51. The third-order valence-electron chi connectivity index (χ3n) is 2.82. The van der Waals surface area contributed by atoms with E-state index in [0.29, 0.717) is 10.2 Å². The van der Waals surface area contributed by atoms with Crippen LogP contribution >= 0.6 is 15.9 Å². The molecule has 0 bridgehead atoms. The second-order valence-electron chi connectivity index (χ2n) is 3.88. The first kappa shape index (κ1) is 14.0. The average molecular weight is 332 g/mol. The van der Waals surface area contributed by atoms with Gasteiger partial charge in [-0.05, 0) is 29.0 Å². The lowest BCUT2D eigenvalue weighted by atomic mass is 10.00. The summed E-state index contributed by atoms with van der Waals surface area (Å²) in [6.07, 6.45) is 1.45. The fourth-order valence-electron chi connectivity index (χ4n) is 1.92. The predicted octanol–water partition coefficient (Wildman–Crippen LogP) is 3.64. The number of rotatable bonds is 4. The molecule has 0 fully saturated rings. The molecule has 0 radical (unpaired) electrons. The van der Waals surface area contributed by atoms with Crippen molar-refractivity contribution in [2.75, 3.05) is 14.2 Å². The minimum atomic E-state index is -0.677. The van der Waals surface area contributed by atoms with E-state index >= 15 is 0 Å². The molecule has 102 valence electrons. The lowest BCUT2D eigenvalue weighted by Gasteiger charge is -2.18. The molecular weight excluding hydrogens is 320 g/mol. The number of furan rings is 1. The fraction of sp³-hybridized carbons (Fsp3) is 0.231. The molecule has 0 saturated carbocycles. The van der Waals surface area contributed by atoms with E-state index in [0.717, 1.165) is 12.1 Å². The highest BCUT2D eigenvalue weighted by molar-refractivity contribution is 9.10. The van der Waals surface area contributed by atoms with E-state index in [4.69, 9.17) is 9.15 Å². The molecule has 1 aromatic carbocycles. The topological polar surface area (TPSA) is 34.4 Å². The van der Waals surface area contributed by atoms with E-state index in [2.05, 4.69) is 21.2 Å². The second-order valence-corrected chi connectivity index (χ2v) is 4.60. The van der Waals surface area contributed by atoms with Crippen LogP contribution in [0.3, 0.4) is 0 Å². The van der Waals surface area contributed by atoms with Crippen LogP contribution in [0.2, 0.25) is 0 Å². The maximum Gasteiger partial charge on any atom is 0.174 e. The van der Waals surface area contributed by atoms with Crippen molar-refractivity contribution in [3.05, 3.63) is 51.9 Å². The summed E-state index contributed by atoms with van der Waals surface area (Å²) in [4.78, 5) is 0. The summed E-state index contributed by atoms with van der Waals surface area (Å²) in [5.41, 5.74) is 0.538. The third-order valence-corrected chi connectivity index (χ3v) is 3.47. The van der Waals surface area contributed by atoms with Gasteiger partial charge in [0.25, 0.3) is 0 Å². The number of methoxy groups -OCH3 is 1. The van der Waals surface area contributed by atoms with E-state index in [9.17, 15) is 8.78 Å². The number of benzene rings is 1. The van der Waals surface area contributed by atoms with Crippen molar-refractivity contribution in [1.29, 1.82) is 0 Å². The Kier molecular flexibility index (Phi) is 4.21. The Morgan fingerprint density at radius 1 is 1.32 bits per heavy atom. The first-order valence-corrected chi connectivity index (χ1v) is 6.30. The summed E-state index contributed by atoms with van der Waals surface area (Å²) in [6.45, 7) is 0. The normalized spacial score (nSPS) is 12.5. The number of hydrogen-bond donors (Lipinski definition) is 1. The van der Waals surface area contributed by atoms with Crippen molar-refractivity contribution in [1.82, 2.24) is 5.32 Å². The van der Waals surface area contributed by atoms with Gasteiger partial charge in [-0.3, -0.25) is 0 Å². The summed E-state index contributed by atoms with van der Waals surface area (Å²) in [7, 11) is 2.98. The van der Waals surface area contributed by atoms with Crippen molar-refractivity contribution >= 4 is 15.9 Å². The Labute approximate surface area is 117 Å². The maximum absolute atomic E-state index is 14.1. The quantitative estimate of drug-likeness (QED) is 0.928. The van der Waals surface area contributed by atoms with Crippen molar-refractivity contribution in [3.63, 3.8) is 0 Å². The number of halogens is 3. The molecule has 3 nitrogen and oxygen atoms in total. The van der Waals surface area contributed by atoms with Crippen molar-refractivity contribution in [2.24, 2.45) is 0 Å². The van der Waals surface area contributed by atoms with Crippen LogP contribution in [-0.4, -0.2) is 14.2 Å². The number of nitrogens with one attached hydrogen (secondary N) is 1. The van der Waals surface area contributed by atoms with Crippen LogP contribution < -0.4 is 10.1 Å². The minimum Gasteiger partial charge on any atom is -0.497 e. The van der Waals surface area contributed by atoms with Crippen LogP contribution in [-0.2, 0) is 0 Å². The van der Waals surface area contributed by atoms with Gasteiger partial charge in [0.2, 0.25) is 0 Å². The lowest BCUT2D eigenvalue weighted by molar-refractivity contribution is 0.403. The summed E-state index contributed by atoms with van der Waals surface area (Å²) in [5.74, 6) is -1.21. The maximum atomic E-state index is 14.1. The highest BCUT2D eigenvalue weighted by Gasteiger charge is 2.24. The fourth-order valence-corrected chi connectivity index (χ4v) is 2.39. The van der Waals surface area contributed by atoms with Gasteiger partial charge >= 0.3 is 0 Å². The molecule has 1 heterocycles. The Morgan fingerprint density at radius 2 is 1.95 bits per heavy atom. The van der Waals surface area contributed by atoms with Crippen LogP contribution in [0, 0.1) is 11.6 Å². The lowest BCUT2D eigenvalue weighted by Crippen LogP contribution is -2.20. The smallest absolute Gasteiger partial charge is 0.174 e. The Hall–Kier alpha value is -1.40. The summed E-state index contributed by atoms with van der Waals surface area (Å²) in [5, 5.41) is 2.87. The molecule has 1 unspecified atom stereocenters. The van der Waals surface area contributed by atoms with Gasteiger partial charge in [-0.15, -0.1) is 0 Å². The van der Waals surface area contributed by atoms with Gasteiger partial charge in [-0.25, -0.2) is 8.78 Å². The summed E-state index contributed by atoms with van der Waals surface area (Å²) >= 11 is 3.21. The molecule has 0 amide bonds. The Balaban J connectivity index is 2.53. The third kappa shape index (κ3) is 2.64. The van der Waals surface area contributed by atoms with Gasteiger partial charge in [0.05, 0.1) is 19.4 Å². The molecule has 0 saturated heterocycles. The van der Waals surface area contributed by atoms with E-state index in [1.807, 2.05) is 0 Å². The SMILES string of the molecule is CNC(c1ccoc1Br)c1c(F)cc(OC)cc1F. The Morgan fingerprint density at radius 3 is 2.37 bits per heavy atom. The van der Waals surface area contributed by atoms with Gasteiger partial charge in [-0.2, -0.15) is 0 Å². The molecule has 0 aliphatic carbocycles. The molecule has 1 N–H and O–H groups in total. The average Bonchev–Trinajstić information content (AvgIpc) is 2.79. The molecule has 2 aromatic rings. The zero-order chi connectivity index (χ0) is 14.0. The Bertz CT molecular complexity index is 563. The van der Waals surface area contributed by atoms with Crippen molar-refractivity contribution in [3.8, 4) is 5.75 Å². The minimum absolute atomic E-state index is 0.0783. The van der Waals surface area contributed by atoms with Crippen LogP contribution in [0.25, 0.3) is 0 Å². The first-order chi connectivity index (χ1) is 9.08. The highest BCUT2D eigenvalue weighted by Crippen LogP contribution is 2.33. The largest absolute Gasteiger partial charge is 0.497 e. The molecule has 1 aromatic heterocycles. The highest BCUT2D eigenvalue weighted by atomic mass is 79.9. The zero-order valence-corrected chi connectivity index (χ0v) is 11.9. The molecule has 1 atom stereocenters. The van der Waals surface area contributed by atoms with Gasteiger partial charge in [0.1, 0.15) is 17.4 Å².